The Hall–Kier alpha value is -0.570. The van der Waals surface area contributed by atoms with E-state index < -0.39 is 0 Å². The second-order valence-corrected chi connectivity index (χ2v) is 4.05. The van der Waals surface area contributed by atoms with E-state index in [1.54, 1.807) is 0 Å². The summed E-state index contributed by atoms with van der Waals surface area (Å²) in [5.41, 5.74) is 5.75. The van der Waals surface area contributed by atoms with E-state index in [0.717, 1.165) is 6.42 Å². The highest BCUT2D eigenvalue weighted by Gasteiger charge is 2.18. The summed E-state index contributed by atoms with van der Waals surface area (Å²) in [6.45, 7) is 8.88. The highest BCUT2D eigenvalue weighted by molar-refractivity contribution is 5.81. The van der Waals surface area contributed by atoms with E-state index in [1.807, 2.05) is 13.8 Å². The first-order chi connectivity index (χ1) is 5.99. The Labute approximate surface area is 81.1 Å². The van der Waals surface area contributed by atoms with Gasteiger partial charge in [-0.15, -0.1) is 0 Å². The summed E-state index contributed by atoms with van der Waals surface area (Å²) < 4.78 is 0. The van der Waals surface area contributed by atoms with Crippen LogP contribution in [-0.4, -0.2) is 18.5 Å². The zero-order valence-corrected chi connectivity index (χ0v) is 9.13. The highest BCUT2D eigenvalue weighted by atomic mass is 16.2. The smallest absolute Gasteiger partial charge is 0.237 e. The van der Waals surface area contributed by atoms with Gasteiger partial charge in [-0.05, 0) is 11.8 Å². The van der Waals surface area contributed by atoms with Gasteiger partial charge in [0.2, 0.25) is 5.91 Å². The molecule has 0 aromatic heterocycles. The number of carbonyl (C=O) groups excluding carboxylic acids is 1. The monoisotopic (exact) mass is 186 g/mol. The number of hydrogen-bond acceptors (Lipinski definition) is 2. The van der Waals surface area contributed by atoms with Gasteiger partial charge in [-0.1, -0.05) is 34.1 Å². The van der Waals surface area contributed by atoms with Crippen LogP contribution in [0.1, 0.15) is 34.1 Å². The van der Waals surface area contributed by atoms with Crippen LogP contribution in [0.5, 0.6) is 0 Å². The molecule has 0 rings (SSSR count). The average molecular weight is 186 g/mol. The maximum Gasteiger partial charge on any atom is 0.237 e. The molecule has 3 nitrogen and oxygen atoms in total. The number of rotatable bonds is 5. The number of nitrogens with two attached hydrogens (primary N) is 1. The molecule has 0 aliphatic rings. The molecular weight excluding hydrogens is 164 g/mol. The Morgan fingerprint density at radius 2 is 1.92 bits per heavy atom. The summed E-state index contributed by atoms with van der Waals surface area (Å²) >= 11 is 0. The van der Waals surface area contributed by atoms with E-state index in [9.17, 15) is 4.79 Å². The van der Waals surface area contributed by atoms with Gasteiger partial charge < -0.3 is 11.1 Å². The number of hydrogen-bond donors (Lipinski definition) is 2. The Kier molecular flexibility index (Phi) is 5.71. The van der Waals surface area contributed by atoms with E-state index in [4.69, 9.17) is 5.73 Å². The minimum Gasteiger partial charge on any atom is -0.354 e. The van der Waals surface area contributed by atoms with Crippen LogP contribution < -0.4 is 11.1 Å². The lowest BCUT2D eigenvalue weighted by Gasteiger charge is -2.18. The van der Waals surface area contributed by atoms with Crippen molar-refractivity contribution in [1.82, 2.24) is 5.32 Å². The predicted molar refractivity (Wildman–Crippen MR) is 55.3 cm³/mol. The summed E-state index contributed by atoms with van der Waals surface area (Å²) in [6.07, 6.45) is 0.941. The van der Waals surface area contributed by atoms with Crippen LogP contribution in [0.2, 0.25) is 0 Å². The van der Waals surface area contributed by atoms with Gasteiger partial charge in [0.05, 0.1) is 6.04 Å². The van der Waals surface area contributed by atoms with Gasteiger partial charge in [-0.3, -0.25) is 4.79 Å². The topological polar surface area (TPSA) is 55.1 Å². The van der Waals surface area contributed by atoms with Gasteiger partial charge in [0.25, 0.3) is 0 Å². The summed E-state index contributed by atoms with van der Waals surface area (Å²) in [5, 5.41) is 2.83. The first-order valence-corrected chi connectivity index (χ1v) is 5.02. The van der Waals surface area contributed by atoms with Crippen LogP contribution in [0, 0.1) is 11.8 Å². The predicted octanol–water partition coefficient (Wildman–Crippen LogP) is 1.13. The fraction of sp³-hybridized carbons (Fsp3) is 0.900. The molecule has 3 N–H and O–H groups in total. The zero-order chi connectivity index (χ0) is 10.4. The number of carbonyl (C=O) groups is 1. The normalized spacial score (nSPS) is 15.5. The van der Waals surface area contributed by atoms with E-state index >= 15 is 0 Å². The van der Waals surface area contributed by atoms with Crippen molar-refractivity contribution in [1.29, 1.82) is 0 Å². The molecule has 0 fully saturated rings. The first-order valence-electron chi connectivity index (χ1n) is 5.02. The molecule has 0 radical (unpaired) electrons. The van der Waals surface area contributed by atoms with Crippen LogP contribution in [0.15, 0.2) is 0 Å². The van der Waals surface area contributed by atoms with Crippen LogP contribution in [0.25, 0.3) is 0 Å². The molecule has 78 valence electrons. The molecular formula is C10H22N2O. The molecule has 0 aromatic carbocycles. The van der Waals surface area contributed by atoms with E-state index in [1.165, 1.54) is 0 Å². The molecule has 3 heteroatoms. The molecule has 0 aromatic rings. The summed E-state index contributed by atoms with van der Waals surface area (Å²) in [5.74, 6) is 0.711. The van der Waals surface area contributed by atoms with Gasteiger partial charge in [-0.2, -0.15) is 0 Å². The standard InChI is InChI=1S/C10H22N2O/c1-5-8(4)9(11)10(13)12-6-7(2)3/h7-9H,5-6,11H2,1-4H3,(H,12,13)/t8?,9-/m0/s1. The molecule has 2 atom stereocenters. The van der Waals surface area contributed by atoms with Crippen molar-refractivity contribution in [2.45, 2.75) is 40.2 Å². The van der Waals surface area contributed by atoms with Gasteiger partial charge in [0.15, 0.2) is 0 Å². The summed E-state index contributed by atoms with van der Waals surface area (Å²) in [6, 6.07) is -0.358. The maximum absolute atomic E-state index is 11.4. The zero-order valence-electron chi connectivity index (χ0n) is 9.13. The molecule has 0 bridgehead atoms. The van der Waals surface area contributed by atoms with Gasteiger partial charge in [-0.25, -0.2) is 0 Å². The van der Waals surface area contributed by atoms with Crippen molar-refractivity contribution in [2.24, 2.45) is 17.6 Å². The number of amides is 1. The molecule has 0 spiro atoms. The molecule has 0 heterocycles. The Morgan fingerprint density at radius 3 is 2.31 bits per heavy atom. The van der Waals surface area contributed by atoms with Gasteiger partial charge >= 0.3 is 0 Å². The van der Waals surface area contributed by atoms with E-state index in [-0.39, 0.29) is 17.9 Å². The van der Waals surface area contributed by atoms with Crippen LogP contribution in [0.4, 0.5) is 0 Å². The lowest BCUT2D eigenvalue weighted by atomic mass is 9.99. The minimum atomic E-state index is -0.358. The van der Waals surface area contributed by atoms with Crippen molar-refractivity contribution >= 4 is 5.91 Å². The van der Waals surface area contributed by atoms with Crippen LogP contribution >= 0.6 is 0 Å². The van der Waals surface area contributed by atoms with Crippen molar-refractivity contribution in [3.63, 3.8) is 0 Å². The minimum absolute atomic E-state index is 0.0250. The van der Waals surface area contributed by atoms with Crippen molar-refractivity contribution < 1.29 is 4.79 Å². The highest BCUT2D eigenvalue weighted by Crippen LogP contribution is 2.05. The van der Waals surface area contributed by atoms with Crippen LogP contribution in [0.3, 0.4) is 0 Å². The fourth-order valence-electron chi connectivity index (χ4n) is 0.935. The molecule has 13 heavy (non-hydrogen) atoms. The summed E-state index contributed by atoms with van der Waals surface area (Å²) in [7, 11) is 0. The van der Waals surface area contributed by atoms with Crippen LogP contribution in [-0.2, 0) is 4.79 Å². The quantitative estimate of drug-likeness (QED) is 0.676. The molecule has 0 saturated heterocycles. The SMILES string of the molecule is CCC(C)[C@H](N)C(=O)NCC(C)C. The second-order valence-electron chi connectivity index (χ2n) is 4.05. The maximum atomic E-state index is 11.4. The van der Waals surface area contributed by atoms with E-state index in [2.05, 4.69) is 19.2 Å². The summed E-state index contributed by atoms with van der Waals surface area (Å²) in [4.78, 5) is 11.4. The third-order valence-electron chi connectivity index (χ3n) is 2.24. The molecule has 1 unspecified atom stereocenters. The third kappa shape index (κ3) is 4.88. The van der Waals surface area contributed by atoms with Gasteiger partial charge in [0.1, 0.15) is 0 Å². The first kappa shape index (κ1) is 12.4. The van der Waals surface area contributed by atoms with Crippen molar-refractivity contribution in [2.75, 3.05) is 6.54 Å². The van der Waals surface area contributed by atoms with Crippen molar-refractivity contribution in [3.8, 4) is 0 Å². The molecule has 0 aliphatic heterocycles. The Balaban J connectivity index is 3.82. The average Bonchev–Trinajstić information content (AvgIpc) is 2.11. The van der Waals surface area contributed by atoms with E-state index in [0.29, 0.717) is 12.5 Å². The molecule has 0 aliphatic carbocycles. The van der Waals surface area contributed by atoms with Gasteiger partial charge in [0, 0.05) is 6.54 Å². The van der Waals surface area contributed by atoms with Crippen molar-refractivity contribution in [3.05, 3.63) is 0 Å². The largest absolute Gasteiger partial charge is 0.354 e. The molecule has 1 amide bonds. The number of nitrogens with one attached hydrogen (secondary N) is 1. The Morgan fingerprint density at radius 1 is 1.38 bits per heavy atom. The molecule has 0 saturated carbocycles. The Bertz CT molecular complexity index is 157. The second kappa shape index (κ2) is 5.97. The fourth-order valence-corrected chi connectivity index (χ4v) is 0.935. The third-order valence-corrected chi connectivity index (χ3v) is 2.24. The lowest BCUT2D eigenvalue weighted by molar-refractivity contribution is -0.123. The lowest BCUT2D eigenvalue weighted by Crippen LogP contribution is -2.45.